The highest BCUT2D eigenvalue weighted by Gasteiger charge is 2.27. The molecule has 0 aromatic heterocycles. The van der Waals surface area contributed by atoms with Gasteiger partial charge in [0.25, 0.3) is 11.7 Å². The maximum atomic E-state index is 11.2. The number of hydrogen-bond acceptors (Lipinski definition) is 2. The second-order valence-corrected chi connectivity index (χ2v) is 4.49. The molecule has 0 fully saturated rings. The highest BCUT2D eigenvalue weighted by atomic mass is 16.2. The number of terminal acetylenes is 1. The van der Waals surface area contributed by atoms with E-state index < -0.39 is 11.7 Å². The summed E-state index contributed by atoms with van der Waals surface area (Å²) in [6.45, 7) is 10.6. The second kappa shape index (κ2) is 8.92. The van der Waals surface area contributed by atoms with Crippen LogP contribution in [0.5, 0.6) is 0 Å². The van der Waals surface area contributed by atoms with Crippen LogP contribution in [0.3, 0.4) is 0 Å². The normalized spacial score (nSPS) is 11.4. The van der Waals surface area contributed by atoms with Gasteiger partial charge < -0.3 is 5.32 Å². The van der Waals surface area contributed by atoms with Crippen LogP contribution in [0.4, 0.5) is 5.69 Å². The van der Waals surface area contributed by atoms with Crippen LogP contribution in [0, 0.1) is 18.3 Å². The van der Waals surface area contributed by atoms with Gasteiger partial charge in [-0.1, -0.05) is 47.0 Å². The number of nitrogens with one attached hydrogen (secondary N) is 1. The smallest absolute Gasteiger partial charge is 0.296 e. The van der Waals surface area contributed by atoms with Crippen molar-refractivity contribution in [3.05, 3.63) is 29.3 Å². The fourth-order valence-electron chi connectivity index (χ4n) is 1.23. The van der Waals surface area contributed by atoms with Crippen molar-refractivity contribution in [2.75, 3.05) is 5.32 Å². The lowest BCUT2D eigenvalue weighted by Crippen LogP contribution is -2.12. The van der Waals surface area contributed by atoms with Gasteiger partial charge in [0.15, 0.2) is 0 Å². The fraction of sp³-hybridized carbons (Fsp3) is 0.412. The van der Waals surface area contributed by atoms with Gasteiger partial charge in [0.1, 0.15) is 0 Å². The summed E-state index contributed by atoms with van der Waals surface area (Å²) in [5, 5.41) is 2.44. The van der Waals surface area contributed by atoms with E-state index in [1.807, 2.05) is 13.8 Å². The first-order valence-corrected chi connectivity index (χ1v) is 6.96. The van der Waals surface area contributed by atoms with E-state index in [1.165, 1.54) is 12.5 Å². The molecule has 3 nitrogen and oxygen atoms in total. The zero-order valence-corrected chi connectivity index (χ0v) is 12.9. The summed E-state index contributed by atoms with van der Waals surface area (Å²) in [6.07, 6.45) is 6.46. The predicted molar refractivity (Wildman–Crippen MR) is 85.9 cm³/mol. The molecule has 1 heterocycles. The fourth-order valence-corrected chi connectivity index (χ4v) is 1.23. The Morgan fingerprint density at radius 3 is 2.30 bits per heavy atom. The predicted octanol–water partition coefficient (Wildman–Crippen LogP) is 4.13. The van der Waals surface area contributed by atoms with Crippen molar-refractivity contribution in [3.8, 4) is 12.3 Å². The number of benzene rings is 1. The van der Waals surface area contributed by atoms with Gasteiger partial charge in [-0.15, -0.1) is 6.42 Å². The molecule has 20 heavy (non-hydrogen) atoms. The van der Waals surface area contributed by atoms with E-state index in [4.69, 9.17) is 6.42 Å². The zero-order chi connectivity index (χ0) is 15.7. The van der Waals surface area contributed by atoms with Crippen LogP contribution in [-0.2, 0) is 4.79 Å². The molecule has 1 aromatic carbocycles. The molecule has 2 rings (SSSR count). The maximum Gasteiger partial charge on any atom is 0.296 e. The topological polar surface area (TPSA) is 46.2 Å². The van der Waals surface area contributed by atoms with Gasteiger partial charge in [0.05, 0.1) is 11.3 Å². The lowest BCUT2D eigenvalue weighted by atomic mass is 10.1. The van der Waals surface area contributed by atoms with Crippen molar-refractivity contribution < 1.29 is 11.0 Å². The molecule has 0 bridgehead atoms. The molecule has 110 valence electrons. The van der Waals surface area contributed by atoms with E-state index in [1.54, 1.807) is 12.1 Å². The van der Waals surface area contributed by atoms with Crippen molar-refractivity contribution in [3.63, 3.8) is 0 Å². The molecular weight excluding hydrogens is 250 g/mol. The molecule has 0 radical (unpaired) electrons. The Kier molecular flexibility index (Phi) is 8.00. The van der Waals surface area contributed by atoms with Crippen LogP contribution in [0.2, 0.25) is 0 Å². The van der Waals surface area contributed by atoms with E-state index in [9.17, 15) is 9.59 Å². The molecule has 0 saturated carbocycles. The standard InChI is InChI=1S/C10H5NO2.C5H12.C2H6.H2/c1-2-6-3-4-8-7(5-6)9(12)10(13)11-8;1-4-5(2)3;1-2;/h1,3-5H,(H,11,12,13);5H,4H2,1-3H3;1-2H3;1H. The van der Waals surface area contributed by atoms with Gasteiger partial charge in [0.2, 0.25) is 0 Å². The number of anilines is 1. The third-order valence-electron chi connectivity index (χ3n) is 2.70. The molecule has 1 aromatic rings. The Morgan fingerprint density at radius 2 is 1.85 bits per heavy atom. The summed E-state index contributed by atoms with van der Waals surface area (Å²) >= 11 is 0. The average molecular weight is 275 g/mol. The van der Waals surface area contributed by atoms with E-state index in [-0.39, 0.29) is 1.43 Å². The first kappa shape index (κ1) is 17.9. The number of carbonyl (C=O) groups excluding carboxylic acids is 2. The Morgan fingerprint density at radius 1 is 1.30 bits per heavy atom. The lowest BCUT2D eigenvalue weighted by molar-refractivity contribution is -0.112. The number of carbonyl (C=O) groups is 2. The third-order valence-corrected chi connectivity index (χ3v) is 2.70. The first-order chi connectivity index (χ1) is 9.49. The van der Waals surface area contributed by atoms with Gasteiger partial charge >= 0.3 is 0 Å². The van der Waals surface area contributed by atoms with Crippen LogP contribution in [0.15, 0.2) is 18.2 Å². The van der Waals surface area contributed by atoms with Crippen molar-refractivity contribution >= 4 is 17.4 Å². The number of hydrogen-bond donors (Lipinski definition) is 1. The molecule has 1 amide bonds. The molecule has 3 heteroatoms. The number of Topliss-reactive ketones (excluding diaryl/α,β-unsaturated/α-hetero) is 1. The lowest BCUT2D eigenvalue weighted by Gasteiger charge is -1.95. The van der Waals surface area contributed by atoms with E-state index in [0.717, 1.165) is 5.92 Å². The van der Waals surface area contributed by atoms with Crippen molar-refractivity contribution in [2.24, 2.45) is 5.92 Å². The molecule has 1 aliphatic rings. The molecular formula is C17H25NO2. The first-order valence-electron chi connectivity index (χ1n) is 6.96. The monoisotopic (exact) mass is 275 g/mol. The van der Waals surface area contributed by atoms with Crippen LogP contribution in [0.25, 0.3) is 0 Å². The summed E-state index contributed by atoms with van der Waals surface area (Å²) in [6, 6.07) is 4.85. The number of fused-ring (bicyclic) bond motifs is 1. The van der Waals surface area contributed by atoms with Gasteiger partial charge in [-0.05, 0) is 24.1 Å². The Balaban J connectivity index is 0. The summed E-state index contributed by atoms with van der Waals surface area (Å²) in [5.41, 5.74) is 1.50. The highest BCUT2D eigenvalue weighted by Crippen LogP contribution is 2.23. The Labute approximate surface area is 123 Å². The minimum atomic E-state index is -0.593. The molecule has 1 N–H and O–H groups in total. The van der Waals surface area contributed by atoms with Gasteiger partial charge in [-0.25, -0.2) is 0 Å². The summed E-state index contributed by atoms with van der Waals surface area (Å²) < 4.78 is 0. The van der Waals surface area contributed by atoms with Crippen molar-refractivity contribution in [1.82, 2.24) is 0 Å². The SMILES string of the molecule is C#Cc1ccc2c(c1)C(=O)C(=O)N2.CC.CCC(C)C.[HH]. The van der Waals surface area contributed by atoms with Crippen LogP contribution >= 0.6 is 0 Å². The summed E-state index contributed by atoms with van der Waals surface area (Å²) in [5.74, 6) is 2.17. The Bertz CT molecular complexity index is 516. The third kappa shape index (κ3) is 4.89. The minimum absolute atomic E-state index is 0. The molecule has 0 aliphatic carbocycles. The number of rotatable bonds is 1. The van der Waals surface area contributed by atoms with E-state index in [0.29, 0.717) is 16.8 Å². The van der Waals surface area contributed by atoms with E-state index in [2.05, 4.69) is 32.0 Å². The molecule has 0 atom stereocenters. The van der Waals surface area contributed by atoms with Gasteiger partial charge in [0, 0.05) is 6.99 Å². The van der Waals surface area contributed by atoms with Crippen molar-refractivity contribution in [2.45, 2.75) is 41.0 Å². The zero-order valence-electron chi connectivity index (χ0n) is 12.9. The van der Waals surface area contributed by atoms with Gasteiger partial charge in [-0.2, -0.15) is 0 Å². The summed E-state index contributed by atoms with van der Waals surface area (Å²) in [7, 11) is 0. The Hall–Kier alpha value is -2.08. The molecule has 1 aliphatic heterocycles. The van der Waals surface area contributed by atoms with Gasteiger partial charge in [-0.3, -0.25) is 9.59 Å². The second-order valence-electron chi connectivity index (χ2n) is 4.49. The molecule has 0 spiro atoms. The van der Waals surface area contributed by atoms with Crippen molar-refractivity contribution in [1.29, 1.82) is 0 Å². The average Bonchev–Trinajstić information content (AvgIpc) is 2.76. The number of amides is 1. The minimum Gasteiger partial charge on any atom is -0.318 e. The summed E-state index contributed by atoms with van der Waals surface area (Å²) in [4.78, 5) is 22.1. The largest absolute Gasteiger partial charge is 0.318 e. The highest BCUT2D eigenvalue weighted by molar-refractivity contribution is 6.51. The van der Waals surface area contributed by atoms with E-state index >= 15 is 0 Å². The molecule has 0 saturated heterocycles. The molecule has 0 unspecified atom stereocenters. The van der Waals surface area contributed by atoms with Crippen LogP contribution in [0.1, 0.15) is 58.4 Å². The van der Waals surface area contributed by atoms with Crippen LogP contribution < -0.4 is 5.32 Å². The maximum absolute atomic E-state index is 11.2. The van der Waals surface area contributed by atoms with Crippen LogP contribution in [-0.4, -0.2) is 11.7 Å². The quantitative estimate of drug-likeness (QED) is 0.619. The number of ketones is 1.